The summed E-state index contributed by atoms with van der Waals surface area (Å²) in [6.07, 6.45) is 3.51. The highest BCUT2D eigenvalue weighted by Crippen LogP contribution is 2.33. The number of aromatic nitrogens is 1. The van der Waals surface area contributed by atoms with Crippen molar-refractivity contribution in [3.63, 3.8) is 0 Å². The van der Waals surface area contributed by atoms with Crippen LogP contribution in [0.1, 0.15) is 22.3 Å². The summed E-state index contributed by atoms with van der Waals surface area (Å²) in [5, 5.41) is 24.2. The lowest BCUT2D eigenvalue weighted by Gasteiger charge is -2.19. The molecule has 0 aliphatic carbocycles. The van der Waals surface area contributed by atoms with Crippen LogP contribution >= 0.6 is 12.2 Å². The standard InChI is InChI=1S/C25H24N2O4S/c1-16-10-17(2)12-20(11-16)26-25(32)23(27-7-3-4-18(14-27)15-28)24(29)19-5-6-21-22(13-19)31-9-8-30-21/h3-7,10-14,28H,8-9,15H2,1-2H3,(H-,26,29,32)/p+1. The van der Waals surface area contributed by atoms with Crippen molar-refractivity contribution in [2.24, 2.45) is 0 Å². The molecule has 164 valence electrons. The molecule has 0 spiro atoms. The zero-order valence-electron chi connectivity index (χ0n) is 18.0. The Bertz CT molecular complexity index is 1190. The summed E-state index contributed by atoms with van der Waals surface area (Å²) in [7, 11) is 0. The van der Waals surface area contributed by atoms with Crippen molar-refractivity contribution >= 4 is 34.3 Å². The fourth-order valence-electron chi connectivity index (χ4n) is 3.67. The minimum Gasteiger partial charge on any atom is -0.502 e. The molecule has 0 atom stereocenters. The van der Waals surface area contributed by atoms with E-state index in [1.54, 1.807) is 47.3 Å². The van der Waals surface area contributed by atoms with Gasteiger partial charge in [-0.25, -0.2) is 0 Å². The van der Waals surface area contributed by atoms with E-state index < -0.39 is 0 Å². The quantitative estimate of drug-likeness (QED) is 0.235. The Labute approximate surface area is 192 Å². The van der Waals surface area contributed by atoms with Crippen molar-refractivity contribution in [2.45, 2.75) is 20.5 Å². The number of anilines is 1. The molecule has 0 amide bonds. The van der Waals surface area contributed by atoms with Gasteiger partial charge in [0.15, 0.2) is 34.6 Å². The second-order valence-electron chi connectivity index (χ2n) is 7.66. The van der Waals surface area contributed by atoms with E-state index in [9.17, 15) is 10.2 Å². The molecule has 7 heteroatoms. The minimum atomic E-state index is -0.129. The van der Waals surface area contributed by atoms with Crippen LogP contribution in [-0.4, -0.2) is 28.4 Å². The van der Waals surface area contributed by atoms with Crippen LogP contribution in [0.25, 0.3) is 11.5 Å². The number of pyridine rings is 1. The van der Waals surface area contributed by atoms with E-state index in [-0.39, 0.29) is 12.4 Å². The van der Waals surface area contributed by atoms with E-state index >= 15 is 0 Å². The number of hydrogen-bond donors (Lipinski definition) is 3. The van der Waals surface area contributed by atoms with E-state index in [1.165, 1.54) is 0 Å². The van der Waals surface area contributed by atoms with E-state index in [0.29, 0.717) is 46.5 Å². The molecule has 4 rings (SSSR count). The third kappa shape index (κ3) is 4.74. The van der Waals surface area contributed by atoms with Crippen molar-refractivity contribution < 1.29 is 24.3 Å². The van der Waals surface area contributed by atoms with Crippen molar-refractivity contribution in [2.75, 3.05) is 18.5 Å². The van der Waals surface area contributed by atoms with E-state index in [4.69, 9.17) is 21.7 Å². The van der Waals surface area contributed by atoms with Gasteiger partial charge in [0.2, 0.25) is 0 Å². The van der Waals surface area contributed by atoms with Gasteiger partial charge in [0.05, 0.1) is 6.61 Å². The summed E-state index contributed by atoms with van der Waals surface area (Å²) in [4.78, 5) is 0.336. The zero-order valence-corrected chi connectivity index (χ0v) is 18.8. The first-order valence-electron chi connectivity index (χ1n) is 10.3. The van der Waals surface area contributed by atoms with Crippen LogP contribution in [0.3, 0.4) is 0 Å². The van der Waals surface area contributed by atoms with Crippen molar-refractivity contribution in [3.8, 4) is 11.5 Å². The number of aryl methyl sites for hydroxylation is 2. The molecule has 0 radical (unpaired) electrons. The van der Waals surface area contributed by atoms with Crippen molar-refractivity contribution in [1.29, 1.82) is 0 Å². The molecule has 1 aliphatic rings. The van der Waals surface area contributed by atoms with Gasteiger partial charge >= 0.3 is 0 Å². The first kappa shape index (κ1) is 21.8. The molecule has 2 heterocycles. The zero-order chi connectivity index (χ0) is 22.7. The normalized spacial score (nSPS) is 13.3. The van der Waals surface area contributed by atoms with Gasteiger partial charge in [-0.2, -0.15) is 4.57 Å². The summed E-state index contributed by atoms with van der Waals surface area (Å²) in [6.45, 7) is 4.85. The fourth-order valence-corrected chi connectivity index (χ4v) is 3.99. The van der Waals surface area contributed by atoms with Crippen LogP contribution in [0.15, 0.2) is 60.9 Å². The van der Waals surface area contributed by atoms with E-state index in [2.05, 4.69) is 11.4 Å². The van der Waals surface area contributed by atoms with Gasteiger partial charge in [-0.05, 0) is 61.4 Å². The maximum atomic E-state index is 11.3. The highest BCUT2D eigenvalue weighted by Gasteiger charge is 2.25. The molecule has 0 fully saturated rings. The Morgan fingerprint density at radius 1 is 1.03 bits per heavy atom. The predicted octanol–water partition coefficient (Wildman–Crippen LogP) is 4.18. The summed E-state index contributed by atoms with van der Waals surface area (Å²) in [5.74, 6) is 1.19. The Morgan fingerprint density at radius 2 is 1.75 bits per heavy atom. The second kappa shape index (κ2) is 9.38. The summed E-state index contributed by atoms with van der Waals surface area (Å²) in [6, 6.07) is 14.9. The molecule has 2 aromatic carbocycles. The number of hydrogen-bond acceptors (Lipinski definition) is 5. The van der Waals surface area contributed by atoms with Gasteiger partial charge < -0.3 is 25.0 Å². The number of thiocarbonyl (C=S) groups is 1. The minimum absolute atomic E-state index is 0.0241. The molecule has 1 aromatic heterocycles. The average molecular weight is 450 g/mol. The van der Waals surface area contributed by atoms with Crippen LogP contribution in [0.2, 0.25) is 0 Å². The number of ether oxygens (including phenoxy) is 2. The van der Waals surface area contributed by atoms with Crippen LogP contribution in [-0.2, 0) is 6.61 Å². The van der Waals surface area contributed by atoms with Gasteiger partial charge in [-0.15, -0.1) is 0 Å². The molecule has 3 N–H and O–H groups in total. The number of rotatable bonds is 5. The number of aliphatic hydroxyl groups is 2. The second-order valence-corrected chi connectivity index (χ2v) is 8.07. The lowest BCUT2D eigenvalue weighted by atomic mass is 10.1. The molecular weight excluding hydrogens is 424 g/mol. The molecule has 6 nitrogen and oxygen atoms in total. The SMILES string of the molecule is Cc1cc(C)cc(NC(=S)/C(=C(\O)c2ccc3c(c2)OCCO3)[n+]2cccc(CO)c2)c1. The first-order valence-corrected chi connectivity index (χ1v) is 10.7. The molecule has 0 bridgehead atoms. The molecule has 0 saturated carbocycles. The van der Waals surface area contributed by atoms with Gasteiger partial charge in [0, 0.05) is 22.9 Å². The third-order valence-corrected chi connectivity index (χ3v) is 5.33. The molecule has 0 saturated heterocycles. The number of benzene rings is 2. The topological polar surface area (TPSA) is 74.8 Å². The number of nitrogens with zero attached hydrogens (tertiary/aromatic N) is 1. The number of aliphatic hydroxyl groups excluding tert-OH is 2. The Morgan fingerprint density at radius 3 is 2.47 bits per heavy atom. The van der Waals surface area contributed by atoms with Crippen molar-refractivity contribution in [3.05, 3.63) is 83.2 Å². The molecule has 0 unspecified atom stereocenters. The van der Waals surface area contributed by atoms with Gasteiger partial charge in [-0.3, -0.25) is 0 Å². The average Bonchev–Trinajstić information content (AvgIpc) is 2.78. The fraction of sp³-hybridized carbons (Fsp3) is 0.200. The highest BCUT2D eigenvalue weighted by molar-refractivity contribution is 7.81. The van der Waals surface area contributed by atoms with Gasteiger partial charge in [0.1, 0.15) is 13.2 Å². The Hall–Kier alpha value is -3.42. The summed E-state index contributed by atoms with van der Waals surface area (Å²) in [5.41, 5.74) is 4.65. The molecule has 1 aliphatic heterocycles. The highest BCUT2D eigenvalue weighted by atomic mass is 32.1. The van der Waals surface area contributed by atoms with Crippen LogP contribution in [0.4, 0.5) is 5.69 Å². The molecule has 32 heavy (non-hydrogen) atoms. The lowest BCUT2D eigenvalue weighted by molar-refractivity contribution is -0.576. The van der Waals surface area contributed by atoms with Crippen LogP contribution in [0, 0.1) is 13.8 Å². The van der Waals surface area contributed by atoms with Crippen LogP contribution < -0.4 is 19.4 Å². The summed E-state index contributed by atoms with van der Waals surface area (Å²) >= 11 is 5.73. The number of fused-ring (bicyclic) bond motifs is 1. The van der Waals surface area contributed by atoms with Gasteiger partial charge in [-0.1, -0.05) is 18.3 Å². The third-order valence-electron chi connectivity index (χ3n) is 5.04. The first-order chi connectivity index (χ1) is 15.4. The molecule has 3 aromatic rings. The largest absolute Gasteiger partial charge is 0.502 e. The monoisotopic (exact) mass is 449 g/mol. The van der Waals surface area contributed by atoms with Gasteiger partial charge in [0.25, 0.3) is 5.70 Å². The summed E-state index contributed by atoms with van der Waals surface area (Å²) < 4.78 is 13.0. The lowest BCUT2D eigenvalue weighted by Crippen LogP contribution is -2.39. The smallest absolute Gasteiger partial charge is 0.288 e. The number of nitrogens with one attached hydrogen (secondary N) is 1. The predicted molar refractivity (Wildman–Crippen MR) is 128 cm³/mol. The van der Waals surface area contributed by atoms with E-state index in [0.717, 1.165) is 16.8 Å². The maximum Gasteiger partial charge on any atom is 0.288 e. The maximum absolute atomic E-state index is 11.3. The molecular formula is C25H25N2O4S+. The Balaban J connectivity index is 1.80. The Kier molecular flexibility index (Phi) is 6.39. The van der Waals surface area contributed by atoms with Crippen LogP contribution in [0.5, 0.6) is 11.5 Å². The van der Waals surface area contributed by atoms with E-state index in [1.807, 2.05) is 26.0 Å². The van der Waals surface area contributed by atoms with Crippen molar-refractivity contribution in [1.82, 2.24) is 0 Å².